The van der Waals surface area contributed by atoms with Crippen LogP contribution in [0.2, 0.25) is 5.02 Å². The van der Waals surface area contributed by atoms with Gasteiger partial charge in [0.05, 0.1) is 35.3 Å². The monoisotopic (exact) mass is 435 g/mol. The van der Waals surface area contributed by atoms with Crippen molar-refractivity contribution in [3.05, 3.63) is 40.4 Å². The van der Waals surface area contributed by atoms with Crippen LogP contribution >= 0.6 is 11.6 Å². The number of hydrogen-bond acceptors (Lipinski definition) is 7. The number of benzene rings is 1. The Hall–Kier alpha value is -2.65. The Balaban J connectivity index is 1.25. The zero-order valence-electron chi connectivity index (χ0n) is 16.4. The number of amides is 1. The van der Waals surface area contributed by atoms with Crippen LogP contribution in [0.4, 0.5) is 10.1 Å². The molecule has 0 spiro atoms. The summed E-state index contributed by atoms with van der Waals surface area (Å²) in [5.41, 5.74) is 7.74. The molecule has 30 heavy (non-hydrogen) atoms. The fourth-order valence-corrected chi connectivity index (χ4v) is 3.96. The van der Waals surface area contributed by atoms with E-state index < -0.39 is 5.82 Å². The average Bonchev–Trinajstić information content (AvgIpc) is 3.23. The Labute approximate surface area is 178 Å². The largest absolute Gasteiger partial charge is 0.492 e. The third-order valence-corrected chi connectivity index (χ3v) is 5.69. The molecule has 160 valence electrons. The summed E-state index contributed by atoms with van der Waals surface area (Å²) in [5.74, 6) is -0.137. The number of piperidine rings is 1. The van der Waals surface area contributed by atoms with Gasteiger partial charge in [-0.05, 0) is 18.9 Å². The van der Waals surface area contributed by atoms with Crippen LogP contribution in [0.15, 0.2) is 18.5 Å². The van der Waals surface area contributed by atoms with Crippen LogP contribution in [-0.2, 0) is 6.42 Å². The molecule has 0 bridgehead atoms. The average molecular weight is 436 g/mol. The van der Waals surface area contributed by atoms with Gasteiger partial charge in [0.2, 0.25) is 0 Å². The quantitative estimate of drug-likeness (QED) is 0.669. The highest BCUT2D eigenvalue weighted by Gasteiger charge is 2.27. The van der Waals surface area contributed by atoms with Crippen molar-refractivity contribution in [1.29, 1.82) is 0 Å². The molecule has 2 aliphatic heterocycles. The molecule has 1 aromatic heterocycles. The highest BCUT2D eigenvalue weighted by Crippen LogP contribution is 2.38. The zero-order valence-corrected chi connectivity index (χ0v) is 17.1. The number of nitrogens with one attached hydrogen (secondary N) is 1. The van der Waals surface area contributed by atoms with E-state index in [0.717, 1.165) is 43.9 Å². The van der Waals surface area contributed by atoms with Crippen molar-refractivity contribution in [2.24, 2.45) is 0 Å². The first-order valence-corrected chi connectivity index (χ1v) is 10.3. The molecule has 8 nitrogen and oxygen atoms in total. The summed E-state index contributed by atoms with van der Waals surface area (Å²) in [4.78, 5) is 22.6. The summed E-state index contributed by atoms with van der Waals surface area (Å²) in [6, 6.07) is 1.82. The third kappa shape index (κ3) is 4.57. The molecular formula is C20H23ClFN5O3. The molecule has 0 atom stereocenters. The second-order valence-electron chi connectivity index (χ2n) is 7.35. The van der Waals surface area contributed by atoms with Crippen molar-refractivity contribution in [1.82, 2.24) is 20.2 Å². The van der Waals surface area contributed by atoms with Crippen LogP contribution in [0.25, 0.3) is 0 Å². The first-order valence-electron chi connectivity index (χ1n) is 9.88. The Morgan fingerprint density at radius 1 is 1.37 bits per heavy atom. The fourth-order valence-electron chi connectivity index (χ4n) is 3.74. The van der Waals surface area contributed by atoms with E-state index in [1.807, 2.05) is 0 Å². The molecule has 0 aliphatic carbocycles. The minimum atomic E-state index is -0.496. The van der Waals surface area contributed by atoms with E-state index in [2.05, 4.69) is 20.2 Å². The highest BCUT2D eigenvalue weighted by molar-refractivity contribution is 6.33. The van der Waals surface area contributed by atoms with Gasteiger partial charge in [-0.1, -0.05) is 11.6 Å². The molecule has 1 saturated heterocycles. The Morgan fingerprint density at radius 3 is 2.83 bits per heavy atom. The standard InChI is InChI=1S/C20H23ClFN5O3/c21-16-9-15(18-14(17(16)23)3-7-29-18)19(28)26-13-1-4-27(5-2-13)6-8-30-20-24-10-12(22)11-25-20/h9-11,13H,1-8,23H2,(H,26,28). The van der Waals surface area contributed by atoms with Crippen molar-refractivity contribution < 1.29 is 18.7 Å². The number of anilines is 1. The van der Waals surface area contributed by atoms with Gasteiger partial charge in [0, 0.05) is 37.7 Å². The summed E-state index contributed by atoms with van der Waals surface area (Å²) >= 11 is 6.20. The number of halogens is 2. The number of rotatable bonds is 6. The van der Waals surface area contributed by atoms with Crippen LogP contribution in [0.5, 0.6) is 11.8 Å². The smallest absolute Gasteiger partial charge is 0.316 e. The van der Waals surface area contributed by atoms with Crippen LogP contribution in [0.3, 0.4) is 0 Å². The molecule has 2 aromatic rings. The Kier molecular flexibility index (Phi) is 6.19. The van der Waals surface area contributed by atoms with Gasteiger partial charge in [0.15, 0.2) is 5.82 Å². The molecule has 2 aliphatic rings. The molecule has 0 saturated carbocycles. The van der Waals surface area contributed by atoms with Gasteiger partial charge in [0.25, 0.3) is 5.91 Å². The maximum atomic E-state index is 12.8. The number of likely N-dealkylation sites (tertiary alicyclic amines) is 1. The predicted molar refractivity (Wildman–Crippen MR) is 109 cm³/mol. The van der Waals surface area contributed by atoms with Crippen LogP contribution in [0.1, 0.15) is 28.8 Å². The second-order valence-corrected chi connectivity index (χ2v) is 7.75. The summed E-state index contributed by atoms with van der Waals surface area (Å²) in [6.45, 7) is 3.28. The molecule has 3 heterocycles. The molecule has 0 radical (unpaired) electrons. The molecule has 1 fully saturated rings. The highest BCUT2D eigenvalue weighted by atomic mass is 35.5. The predicted octanol–water partition coefficient (Wildman–Crippen LogP) is 2.06. The lowest BCUT2D eigenvalue weighted by molar-refractivity contribution is 0.0901. The van der Waals surface area contributed by atoms with E-state index in [4.69, 9.17) is 26.8 Å². The van der Waals surface area contributed by atoms with E-state index in [1.165, 1.54) is 0 Å². The third-order valence-electron chi connectivity index (χ3n) is 5.37. The van der Waals surface area contributed by atoms with Gasteiger partial charge >= 0.3 is 6.01 Å². The topological polar surface area (TPSA) is 103 Å². The maximum absolute atomic E-state index is 12.8. The first-order chi connectivity index (χ1) is 14.5. The lowest BCUT2D eigenvalue weighted by Crippen LogP contribution is -2.45. The van der Waals surface area contributed by atoms with Crippen molar-refractivity contribution in [3.8, 4) is 11.8 Å². The van der Waals surface area contributed by atoms with Gasteiger partial charge in [0.1, 0.15) is 12.4 Å². The van der Waals surface area contributed by atoms with E-state index in [9.17, 15) is 9.18 Å². The number of carbonyl (C=O) groups excluding carboxylic acids is 1. The number of carbonyl (C=O) groups is 1. The number of fused-ring (bicyclic) bond motifs is 1. The number of nitrogens with zero attached hydrogens (tertiary/aromatic N) is 3. The summed E-state index contributed by atoms with van der Waals surface area (Å²) in [6.07, 6.45) is 4.46. The minimum absolute atomic E-state index is 0.0727. The number of aromatic nitrogens is 2. The van der Waals surface area contributed by atoms with Crippen molar-refractivity contribution in [3.63, 3.8) is 0 Å². The van der Waals surface area contributed by atoms with Gasteiger partial charge in [-0.2, -0.15) is 0 Å². The molecule has 10 heteroatoms. The summed E-state index contributed by atoms with van der Waals surface area (Å²) in [5, 5.41) is 3.47. The van der Waals surface area contributed by atoms with E-state index in [0.29, 0.717) is 48.2 Å². The van der Waals surface area contributed by atoms with Crippen LogP contribution < -0.4 is 20.5 Å². The van der Waals surface area contributed by atoms with Crippen LogP contribution in [-0.4, -0.2) is 59.7 Å². The summed E-state index contributed by atoms with van der Waals surface area (Å²) < 4.78 is 23.9. The van der Waals surface area contributed by atoms with Crippen LogP contribution in [0, 0.1) is 5.82 Å². The second kappa shape index (κ2) is 9.01. The molecule has 3 N–H and O–H groups in total. The first kappa shape index (κ1) is 20.6. The van der Waals surface area contributed by atoms with Crippen molar-refractivity contribution in [2.75, 3.05) is 38.6 Å². The number of hydrogen-bond donors (Lipinski definition) is 2. The molecule has 0 unspecified atom stereocenters. The van der Waals surface area contributed by atoms with Gasteiger partial charge in [-0.3, -0.25) is 9.69 Å². The Morgan fingerprint density at radius 2 is 2.10 bits per heavy atom. The molecular weight excluding hydrogens is 413 g/mol. The Bertz CT molecular complexity index is 920. The molecule has 1 aromatic carbocycles. The number of nitrogens with two attached hydrogens (primary N) is 1. The molecule has 1 amide bonds. The summed E-state index contributed by atoms with van der Waals surface area (Å²) in [7, 11) is 0. The van der Waals surface area contributed by atoms with E-state index >= 15 is 0 Å². The maximum Gasteiger partial charge on any atom is 0.316 e. The number of nitrogen functional groups attached to an aromatic ring is 1. The number of ether oxygens (including phenoxy) is 2. The van der Waals surface area contributed by atoms with Crippen molar-refractivity contribution in [2.45, 2.75) is 25.3 Å². The van der Waals surface area contributed by atoms with E-state index in [1.54, 1.807) is 6.07 Å². The fraction of sp³-hybridized carbons (Fsp3) is 0.450. The van der Waals surface area contributed by atoms with Gasteiger partial charge in [-0.15, -0.1) is 0 Å². The zero-order chi connectivity index (χ0) is 21.1. The molecule has 4 rings (SSSR count). The van der Waals surface area contributed by atoms with Gasteiger partial charge < -0.3 is 20.5 Å². The minimum Gasteiger partial charge on any atom is -0.492 e. The van der Waals surface area contributed by atoms with Crippen molar-refractivity contribution >= 4 is 23.2 Å². The van der Waals surface area contributed by atoms with Gasteiger partial charge in [-0.25, -0.2) is 14.4 Å². The normalized spacial score (nSPS) is 16.7. The SMILES string of the molecule is Nc1c(Cl)cc(C(=O)NC2CCN(CCOc3ncc(F)cn3)CC2)c2c1CCO2. The lowest BCUT2D eigenvalue weighted by Gasteiger charge is -2.32. The lowest BCUT2D eigenvalue weighted by atomic mass is 10.0. The van der Waals surface area contributed by atoms with E-state index in [-0.39, 0.29) is 18.0 Å².